The maximum atomic E-state index is 5.15. The molecule has 5 heteroatoms. The molecule has 0 aliphatic rings. The smallest absolute Gasteiger partial charge is 0.204 e. The normalized spacial score (nSPS) is 11.9. The molecule has 0 bridgehead atoms. The van der Waals surface area contributed by atoms with Crippen molar-refractivity contribution in [3.05, 3.63) is 70.8 Å². The molecule has 4 nitrogen and oxygen atoms in total. The van der Waals surface area contributed by atoms with Crippen LogP contribution < -0.4 is 0 Å². The topological polar surface area (TPSA) is 34.6 Å². The van der Waals surface area contributed by atoms with Crippen LogP contribution >= 0.6 is 0 Å². The van der Waals surface area contributed by atoms with Gasteiger partial charge in [0.25, 0.3) is 0 Å². The second-order valence-corrected chi connectivity index (χ2v) is 7.63. The van der Waals surface area contributed by atoms with Crippen LogP contribution in [0.3, 0.4) is 0 Å². The van der Waals surface area contributed by atoms with Crippen LogP contribution in [0.1, 0.15) is 22.3 Å². The molecule has 0 saturated carbocycles. The molecule has 0 atom stereocenters. The summed E-state index contributed by atoms with van der Waals surface area (Å²) in [4.78, 5) is 10.1. The molecule has 3 aromatic carbocycles. The van der Waals surface area contributed by atoms with E-state index in [4.69, 9.17) is 9.97 Å². The van der Waals surface area contributed by atoms with Gasteiger partial charge in [0.05, 0.1) is 27.7 Å². The van der Waals surface area contributed by atoms with Crippen LogP contribution in [-0.4, -0.2) is 18.8 Å². The van der Waals surface area contributed by atoms with E-state index < -0.39 is 0 Å². The Bertz CT molecular complexity index is 1600. The molecule has 29 heavy (non-hydrogen) atoms. The molecule has 0 saturated heterocycles. The Hall–Kier alpha value is -2.75. The average Bonchev–Trinajstić information content (AvgIpc) is 3.30. The number of para-hydroxylation sites is 2. The van der Waals surface area contributed by atoms with Gasteiger partial charge in [-0.1, -0.05) is 17.5 Å². The predicted octanol–water partition coefficient (Wildman–Crippen LogP) is 5.47. The molecule has 3 heterocycles. The zero-order valence-corrected chi connectivity index (χ0v) is 19.1. The van der Waals surface area contributed by atoms with Crippen molar-refractivity contribution < 1.29 is 20.1 Å². The number of fused-ring (bicyclic) bond motifs is 10. The van der Waals surface area contributed by atoms with Crippen molar-refractivity contribution in [3.8, 4) is 0 Å². The Morgan fingerprint density at radius 3 is 2.31 bits per heavy atom. The molecule has 0 N–H and O–H groups in total. The van der Waals surface area contributed by atoms with Crippen LogP contribution in [0.2, 0.25) is 0 Å². The van der Waals surface area contributed by atoms with E-state index in [0.29, 0.717) is 0 Å². The molecule has 0 aliphatic heterocycles. The number of imidazole rings is 2. The van der Waals surface area contributed by atoms with E-state index >= 15 is 0 Å². The van der Waals surface area contributed by atoms with Crippen LogP contribution in [-0.2, 0) is 20.1 Å². The van der Waals surface area contributed by atoms with Crippen LogP contribution in [0, 0.1) is 33.8 Å². The molecule has 6 rings (SSSR count). The molecular weight excluding hydrogens is 537 g/mol. The Morgan fingerprint density at radius 1 is 0.759 bits per heavy atom. The maximum Gasteiger partial charge on any atom is 0.204 e. The minimum Gasteiger partial charge on any atom is -0.320 e. The molecule has 1 radical (unpaired) electrons. The predicted molar refractivity (Wildman–Crippen MR) is 114 cm³/mol. The number of benzene rings is 3. The molecular formula is C24H19IrN4-. The minimum absolute atomic E-state index is 0. The van der Waals surface area contributed by atoms with Gasteiger partial charge < -0.3 is 8.80 Å². The SMILES string of the molecule is Cc1c(C)c(C)c2c(nc3n4c5ccccc5nc4c4[c-]cccc4n23)c1C.[Ir]. The van der Waals surface area contributed by atoms with Crippen LogP contribution in [0.25, 0.3) is 44.4 Å². The van der Waals surface area contributed by atoms with Crippen LogP contribution in [0.5, 0.6) is 0 Å². The fourth-order valence-corrected chi connectivity index (χ4v) is 4.50. The largest absolute Gasteiger partial charge is 0.320 e. The molecule has 145 valence electrons. The van der Waals surface area contributed by atoms with Gasteiger partial charge in [-0.25, -0.2) is 4.98 Å². The van der Waals surface area contributed by atoms with Crippen molar-refractivity contribution in [1.29, 1.82) is 0 Å². The summed E-state index contributed by atoms with van der Waals surface area (Å²) < 4.78 is 4.47. The van der Waals surface area contributed by atoms with Crippen molar-refractivity contribution in [2.45, 2.75) is 27.7 Å². The van der Waals surface area contributed by atoms with E-state index in [9.17, 15) is 0 Å². The third kappa shape index (κ3) is 2.17. The quantitative estimate of drug-likeness (QED) is 0.233. The molecule has 0 fully saturated rings. The van der Waals surface area contributed by atoms with Gasteiger partial charge in [-0.3, -0.25) is 4.98 Å². The summed E-state index contributed by atoms with van der Waals surface area (Å²) in [5, 5.41) is 1.01. The number of aromatic nitrogens is 4. The fraction of sp³-hybridized carbons (Fsp3) is 0.167. The molecule has 0 unspecified atom stereocenters. The van der Waals surface area contributed by atoms with Gasteiger partial charge in [0, 0.05) is 20.1 Å². The third-order valence-corrected chi connectivity index (χ3v) is 6.32. The first-order valence-electron chi connectivity index (χ1n) is 9.56. The van der Waals surface area contributed by atoms with E-state index in [1.807, 2.05) is 18.2 Å². The van der Waals surface area contributed by atoms with Gasteiger partial charge in [0.15, 0.2) is 0 Å². The molecule has 3 aromatic heterocycles. The van der Waals surface area contributed by atoms with E-state index in [-0.39, 0.29) is 20.1 Å². The number of aryl methyl sites for hydroxylation is 2. The van der Waals surface area contributed by atoms with Crippen molar-refractivity contribution in [1.82, 2.24) is 18.8 Å². The van der Waals surface area contributed by atoms with Crippen molar-refractivity contribution in [3.63, 3.8) is 0 Å². The van der Waals surface area contributed by atoms with E-state index in [1.165, 1.54) is 27.8 Å². The summed E-state index contributed by atoms with van der Waals surface area (Å²) >= 11 is 0. The number of hydrogen-bond acceptors (Lipinski definition) is 2. The fourth-order valence-electron chi connectivity index (χ4n) is 4.50. The monoisotopic (exact) mass is 556 g/mol. The van der Waals surface area contributed by atoms with Gasteiger partial charge >= 0.3 is 0 Å². The zero-order valence-electron chi connectivity index (χ0n) is 16.7. The van der Waals surface area contributed by atoms with E-state index in [2.05, 4.69) is 66.8 Å². The van der Waals surface area contributed by atoms with Gasteiger partial charge in [-0.15, -0.1) is 24.3 Å². The summed E-state index contributed by atoms with van der Waals surface area (Å²) in [6.45, 7) is 8.77. The number of nitrogens with zero attached hydrogens (tertiary/aromatic N) is 4. The zero-order chi connectivity index (χ0) is 19.2. The first-order chi connectivity index (χ1) is 13.6. The first kappa shape index (κ1) is 18.3. The molecule has 0 aliphatic carbocycles. The van der Waals surface area contributed by atoms with Crippen molar-refractivity contribution in [2.75, 3.05) is 0 Å². The number of rotatable bonds is 0. The molecule has 0 spiro atoms. The van der Waals surface area contributed by atoms with E-state index in [1.54, 1.807) is 0 Å². The Morgan fingerprint density at radius 2 is 1.48 bits per heavy atom. The second kappa shape index (κ2) is 6.12. The van der Waals surface area contributed by atoms with Crippen LogP contribution in [0.4, 0.5) is 0 Å². The number of hydrogen-bond donors (Lipinski definition) is 0. The summed E-state index contributed by atoms with van der Waals surface area (Å²) in [6.07, 6.45) is 0. The second-order valence-electron chi connectivity index (χ2n) is 7.63. The van der Waals surface area contributed by atoms with Gasteiger partial charge in [-0.2, -0.15) is 0 Å². The van der Waals surface area contributed by atoms with Gasteiger partial charge in [0.2, 0.25) is 5.78 Å². The van der Waals surface area contributed by atoms with Crippen molar-refractivity contribution in [2.24, 2.45) is 0 Å². The first-order valence-corrected chi connectivity index (χ1v) is 9.56. The summed E-state index contributed by atoms with van der Waals surface area (Å²) in [5.74, 6) is 0.905. The Labute approximate surface area is 181 Å². The van der Waals surface area contributed by atoms with E-state index in [0.717, 1.165) is 38.9 Å². The summed E-state index contributed by atoms with van der Waals surface area (Å²) in [6, 6.07) is 17.8. The standard InChI is InChI=1S/C24H19N4.Ir/c1-13-14(2)16(4)22-21(15(13)3)26-24-27(22)19-11-7-5-9-17(19)23-25-18-10-6-8-12-20(18)28(23)24;/h5-8,10-12H,1-4H3;/q-1;. The summed E-state index contributed by atoms with van der Waals surface area (Å²) in [5.41, 5.74) is 11.5. The van der Waals surface area contributed by atoms with Crippen molar-refractivity contribution >= 4 is 44.4 Å². The Balaban J connectivity index is 0.00000181. The van der Waals surface area contributed by atoms with Crippen LogP contribution in [0.15, 0.2) is 42.5 Å². The Kier molecular flexibility index (Phi) is 3.86. The minimum atomic E-state index is 0. The maximum absolute atomic E-state index is 5.15. The average molecular weight is 556 g/mol. The summed E-state index contributed by atoms with van der Waals surface area (Å²) in [7, 11) is 0. The molecule has 0 amide bonds. The van der Waals surface area contributed by atoms with Gasteiger partial charge in [0.1, 0.15) is 0 Å². The molecule has 6 aromatic rings. The third-order valence-electron chi connectivity index (χ3n) is 6.32. The van der Waals surface area contributed by atoms with Gasteiger partial charge in [-0.05, 0) is 67.6 Å².